The summed E-state index contributed by atoms with van der Waals surface area (Å²) < 4.78 is 16.1. The van der Waals surface area contributed by atoms with E-state index < -0.39 is 7.60 Å². The zero-order valence-electron chi connectivity index (χ0n) is 15.9. The van der Waals surface area contributed by atoms with E-state index in [1.165, 1.54) is 6.08 Å². The van der Waals surface area contributed by atoms with Crippen molar-refractivity contribution in [3.8, 4) is 17.0 Å². The molecule has 142 valence electrons. The van der Waals surface area contributed by atoms with Gasteiger partial charge in [0.15, 0.2) is 5.76 Å². The number of phenols is 1. The van der Waals surface area contributed by atoms with Crippen LogP contribution in [-0.4, -0.2) is 20.1 Å². The molecule has 3 N–H and O–H groups in total. The topological polar surface area (TPSA) is 104 Å². The van der Waals surface area contributed by atoms with E-state index in [4.69, 9.17) is 14.3 Å². The van der Waals surface area contributed by atoms with Crippen molar-refractivity contribution in [2.45, 2.75) is 52.4 Å². The van der Waals surface area contributed by atoms with Crippen LogP contribution < -0.4 is 0 Å². The zero-order valence-corrected chi connectivity index (χ0v) is 16.8. The van der Waals surface area contributed by atoms with Crippen LogP contribution in [0, 0.1) is 0 Å². The average Bonchev–Trinajstić information content (AvgIpc) is 2.91. The lowest BCUT2D eigenvalue weighted by atomic mass is 9.78. The second kappa shape index (κ2) is 6.69. The Morgan fingerprint density at radius 2 is 1.50 bits per heavy atom. The molecule has 1 aromatic carbocycles. The molecule has 0 spiro atoms. The lowest BCUT2D eigenvalue weighted by Gasteiger charge is -2.28. The van der Waals surface area contributed by atoms with Gasteiger partial charge in [-0.15, -0.1) is 0 Å². The second-order valence-electron chi connectivity index (χ2n) is 8.44. The van der Waals surface area contributed by atoms with Crippen LogP contribution in [0.5, 0.6) is 5.75 Å². The van der Waals surface area contributed by atoms with Gasteiger partial charge in [-0.05, 0) is 29.0 Å². The van der Waals surface area contributed by atoms with E-state index in [1.807, 2.05) is 53.7 Å². The molecule has 2 aromatic rings. The van der Waals surface area contributed by atoms with Gasteiger partial charge in [0.2, 0.25) is 0 Å². The molecule has 0 atom stereocenters. The largest absolute Gasteiger partial charge is 0.507 e. The van der Waals surface area contributed by atoms with E-state index in [9.17, 15) is 9.67 Å². The first kappa shape index (κ1) is 20.4. The van der Waals surface area contributed by atoms with Gasteiger partial charge in [-0.1, -0.05) is 46.7 Å². The first-order valence-corrected chi connectivity index (χ1v) is 9.96. The minimum Gasteiger partial charge on any atom is -0.507 e. The Kier molecular flexibility index (Phi) is 5.26. The molecule has 0 aliphatic heterocycles. The number of aromatic nitrogens is 1. The van der Waals surface area contributed by atoms with Crippen LogP contribution in [0.1, 0.15) is 58.4 Å². The van der Waals surface area contributed by atoms with Crippen LogP contribution in [0.15, 0.2) is 28.5 Å². The Morgan fingerprint density at radius 1 is 1.00 bits per heavy atom. The van der Waals surface area contributed by atoms with Crippen molar-refractivity contribution in [2.75, 3.05) is 0 Å². The highest BCUT2D eigenvalue weighted by molar-refractivity contribution is 7.55. The third-order valence-electron chi connectivity index (χ3n) is 3.98. The minimum atomic E-state index is -4.26. The Hall–Kier alpha value is -1.88. The van der Waals surface area contributed by atoms with E-state index in [2.05, 4.69) is 5.16 Å². The third-order valence-corrected chi connectivity index (χ3v) is 4.52. The van der Waals surface area contributed by atoms with Crippen molar-refractivity contribution in [2.24, 2.45) is 0 Å². The van der Waals surface area contributed by atoms with E-state index in [1.54, 1.807) is 6.07 Å². The van der Waals surface area contributed by atoms with E-state index in [0.29, 0.717) is 5.69 Å². The van der Waals surface area contributed by atoms with Crippen molar-refractivity contribution in [3.05, 3.63) is 40.9 Å². The number of aromatic hydroxyl groups is 1. The van der Waals surface area contributed by atoms with Crippen LogP contribution in [0.2, 0.25) is 0 Å². The maximum absolute atomic E-state index is 10.9. The molecular formula is C19H26NO5P. The van der Waals surface area contributed by atoms with E-state index in [-0.39, 0.29) is 22.3 Å². The summed E-state index contributed by atoms with van der Waals surface area (Å²) >= 11 is 0. The molecular weight excluding hydrogens is 353 g/mol. The molecule has 2 rings (SSSR count). The first-order valence-electron chi connectivity index (χ1n) is 8.28. The molecule has 26 heavy (non-hydrogen) atoms. The highest BCUT2D eigenvalue weighted by Gasteiger charge is 2.27. The SMILES string of the molecule is CC(C)(C)c1cc(-c2cc(/C=C/P(=O)(O)O)on2)cc(C(C)(C)C)c1O. The Balaban J connectivity index is 2.59. The van der Waals surface area contributed by atoms with Gasteiger partial charge in [0.1, 0.15) is 11.4 Å². The summed E-state index contributed by atoms with van der Waals surface area (Å²) in [6, 6.07) is 5.36. The molecule has 1 heterocycles. The van der Waals surface area contributed by atoms with Crippen LogP contribution in [-0.2, 0) is 15.4 Å². The highest BCUT2D eigenvalue weighted by atomic mass is 31.2. The summed E-state index contributed by atoms with van der Waals surface area (Å²) in [4.78, 5) is 17.8. The molecule has 0 unspecified atom stereocenters. The van der Waals surface area contributed by atoms with Gasteiger partial charge in [0.25, 0.3) is 0 Å². The Bertz CT molecular complexity index is 843. The molecule has 7 heteroatoms. The van der Waals surface area contributed by atoms with Crippen LogP contribution in [0.4, 0.5) is 0 Å². The molecule has 0 saturated carbocycles. The molecule has 1 aromatic heterocycles. The monoisotopic (exact) mass is 379 g/mol. The van der Waals surface area contributed by atoms with Crippen molar-refractivity contribution < 1.29 is 24.0 Å². The third kappa shape index (κ3) is 4.85. The fraction of sp³-hybridized carbons (Fsp3) is 0.421. The van der Waals surface area contributed by atoms with Crippen LogP contribution >= 0.6 is 7.60 Å². The number of hydrogen-bond acceptors (Lipinski definition) is 4. The molecule has 0 aliphatic rings. The predicted molar refractivity (Wildman–Crippen MR) is 102 cm³/mol. The normalized spacial score (nSPS) is 13.5. The lowest BCUT2D eigenvalue weighted by Crippen LogP contribution is -2.17. The van der Waals surface area contributed by atoms with Crippen molar-refractivity contribution in [1.29, 1.82) is 0 Å². The van der Waals surface area contributed by atoms with Gasteiger partial charge < -0.3 is 19.4 Å². The summed E-state index contributed by atoms with van der Waals surface area (Å²) in [5.74, 6) is 1.29. The zero-order chi connectivity index (χ0) is 19.9. The van der Waals surface area contributed by atoms with Crippen LogP contribution in [0.25, 0.3) is 17.3 Å². The van der Waals surface area contributed by atoms with Crippen LogP contribution in [0.3, 0.4) is 0 Å². The smallest absolute Gasteiger partial charge is 0.349 e. The number of phenolic OH excluding ortho intramolecular Hbond substituents is 1. The molecule has 0 fully saturated rings. The summed E-state index contributed by atoms with van der Waals surface area (Å²) in [6.07, 6.45) is 1.20. The van der Waals surface area contributed by atoms with Gasteiger partial charge in [0, 0.05) is 28.6 Å². The highest BCUT2D eigenvalue weighted by Crippen LogP contribution is 2.42. The molecule has 0 aliphatic carbocycles. The van der Waals surface area contributed by atoms with Gasteiger partial charge in [0.05, 0.1) is 0 Å². The number of rotatable bonds is 3. The maximum atomic E-state index is 10.9. The Labute approximate surface area is 153 Å². The standard InChI is InChI=1S/C19H26NO5P/c1-18(2,3)14-9-12(10-15(17(14)21)19(4,5)6)16-11-13(25-20-16)7-8-26(22,23)24/h7-11,21H,1-6H3,(H2,22,23,24)/b8-7+. The summed E-state index contributed by atoms with van der Waals surface area (Å²) in [5.41, 5.74) is 2.37. The summed E-state index contributed by atoms with van der Waals surface area (Å²) in [6.45, 7) is 12.1. The Morgan fingerprint density at radius 3 is 1.92 bits per heavy atom. The molecule has 0 bridgehead atoms. The fourth-order valence-corrected chi connectivity index (χ4v) is 2.94. The summed E-state index contributed by atoms with van der Waals surface area (Å²) in [7, 11) is -4.26. The molecule has 0 saturated heterocycles. The average molecular weight is 379 g/mol. The second-order valence-corrected chi connectivity index (χ2v) is 9.92. The summed E-state index contributed by atoms with van der Waals surface area (Å²) in [5, 5.41) is 14.8. The number of hydrogen-bond donors (Lipinski definition) is 3. The molecule has 0 amide bonds. The van der Waals surface area contributed by atoms with Crippen molar-refractivity contribution in [3.63, 3.8) is 0 Å². The fourth-order valence-electron chi connectivity index (χ4n) is 2.60. The van der Waals surface area contributed by atoms with Gasteiger partial charge in [-0.25, -0.2) is 0 Å². The first-order chi connectivity index (χ1) is 11.7. The van der Waals surface area contributed by atoms with E-state index in [0.717, 1.165) is 22.5 Å². The van der Waals surface area contributed by atoms with Crippen molar-refractivity contribution >= 4 is 13.7 Å². The minimum absolute atomic E-state index is 0.242. The number of benzene rings is 1. The lowest BCUT2D eigenvalue weighted by molar-refractivity contribution is 0.386. The predicted octanol–water partition coefficient (Wildman–Crippen LogP) is 4.79. The number of nitrogens with zero attached hydrogens (tertiary/aromatic N) is 1. The molecule has 0 radical (unpaired) electrons. The van der Waals surface area contributed by atoms with Gasteiger partial charge >= 0.3 is 7.60 Å². The quantitative estimate of drug-likeness (QED) is 0.663. The molecule has 6 nitrogen and oxygen atoms in total. The van der Waals surface area contributed by atoms with E-state index >= 15 is 0 Å². The van der Waals surface area contributed by atoms with Crippen molar-refractivity contribution in [1.82, 2.24) is 5.16 Å². The van der Waals surface area contributed by atoms with Gasteiger partial charge in [-0.3, -0.25) is 4.57 Å². The maximum Gasteiger partial charge on any atom is 0.349 e. The van der Waals surface area contributed by atoms with Gasteiger partial charge in [-0.2, -0.15) is 0 Å².